The second kappa shape index (κ2) is 6.79. The maximum absolute atomic E-state index is 12.7. The number of aromatic nitrogens is 3. The Labute approximate surface area is 165 Å². The molecular formula is C22H21N4O3+. The molecule has 0 saturated carbocycles. The fourth-order valence-corrected chi connectivity index (χ4v) is 4.30. The monoisotopic (exact) mass is 389 g/mol. The van der Waals surface area contributed by atoms with Gasteiger partial charge in [0.1, 0.15) is 5.56 Å². The number of para-hydroxylation sites is 1. The minimum atomic E-state index is -0.618. The molecule has 0 radical (unpaired) electrons. The highest BCUT2D eigenvalue weighted by atomic mass is 16.3. The van der Waals surface area contributed by atoms with Crippen LogP contribution < -0.4 is 16.6 Å². The zero-order valence-electron chi connectivity index (χ0n) is 15.7. The Morgan fingerprint density at radius 1 is 1.03 bits per heavy atom. The predicted octanol–water partition coefficient (Wildman–Crippen LogP) is 0.981. The van der Waals surface area contributed by atoms with E-state index in [0.717, 1.165) is 40.7 Å². The summed E-state index contributed by atoms with van der Waals surface area (Å²) in [7, 11) is 0. The van der Waals surface area contributed by atoms with E-state index in [-0.39, 0.29) is 18.0 Å². The first-order valence-corrected chi connectivity index (χ1v) is 9.66. The number of benzene rings is 2. The molecule has 5 rings (SSSR count). The third kappa shape index (κ3) is 2.87. The van der Waals surface area contributed by atoms with E-state index in [1.54, 1.807) is 0 Å². The molecule has 0 unspecified atom stereocenters. The van der Waals surface area contributed by atoms with Gasteiger partial charge in [0.05, 0.1) is 18.8 Å². The topological polar surface area (TPSA) is 107 Å². The van der Waals surface area contributed by atoms with Crippen LogP contribution in [0, 0.1) is 0 Å². The van der Waals surface area contributed by atoms with Gasteiger partial charge >= 0.3 is 5.69 Å². The SMILES string of the molecule is O=c1[nH]c(=O)n(Cc2ccccc2)c(O)c1[C@H]1[NH2+]CCc2c1[nH]c1ccccc21. The Hall–Kier alpha value is -3.58. The molecule has 0 fully saturated rings. The maximum Gasteiger partial charge on any atom is 0.331 e. The molecule has 1 atom stereocenters. The van der Waals surface area contributed by atoms with Crippen LogP contribution in [0.5, 0.6) is 5.88 Å². The molecule has 1 aliphatic rings. The second-order valence-electron chi connectivity index (χ2n) is 7.38. The van der Waals surface area contributed by atoms with Crippen molar-refractivity contribution in [2.45, 2.75) is 19.0 Å². The molecule has 7 heteroatoms. The summed E-state index contributed by atoms with van der Waals surface area (Å²) < 4.78 is 1.22. The van der Waals surface area contributed by atoms with Crippen molar-refractivity contribution in [2.24, 2.45) is 0 Å². The third-order valence-electron chi connectivity index (χ3n) is 5.66. The van der Waals surface area contributed by atoms with Crippen LogP contribution in [0.1, 0.15) is 28.4 Å². The highest BCUT2D eigenvalue weighted by Crippen LogP contribution is 2.31. The molecule has 7 nitrogen and oxygen atoms in total. The van der Waals surface area contributed by atoms with Gasteiger partial charge in [0.15, 0.2) is 6.04 Å². The van der Waals surface area contributed by atoms with Crippen molar-refractivity contribution < 1.29 is 10.4 Å². The molecule has 146 valence electrons. The summed E-state index contributed by atoms with van der Waals surface area (Å²) in [5, 5.41) is 14.1. The lowest BCUT2D eigenvalue weighted by Crippen LogP contribution is -2.87. The third-order valence-corrected chi connectivity index (χ3v) is 5.66. The number of nitrogens with zero attached hydrogens (tertiary/aromatic N) is 1. The van der Waals surface area contributed by atoms with Crippen molar-refractivity contribution >= 4 is 10.9 Å². The van der Waals surface area contributed by atoms with Crippen LogP contribution in [0.15, 0.2) is 64.2 Å². The summed E-state index contributed by atoms with van der Waals surface area (Å²) in [6.07, 6.45) is 0.873. The summed E-state index contributed by atoms with van der Waals surface area (Å²) in [5.74, 6) is -0.282. The van der Waals surface area contributed by atoms with Crippen LogP contribution >= 0.6 is 0 Å². The molecule has 29 heavy (non-hydrogen) atoms. The largest absolute Gasteiger partial charge is 0.494 e. The first kappa shape index (κ1) is 17.5. The first-order valence-electron chi connectivity index (χ1n) is 9.66. The molecule has 0 bridgehead atoms. The van der Waals surface area contributed by atoms with E-state index in [0.29, 0.717) is 0 Å². The lowest BCUT2D eigenvalue weighted by molar-refractivity contribution is -0.690. The number of hydrogen-bond acceptors (Lipinski definition) is 3. The number of fused-ring (bicyclic) bond motifs is 3. The first-order chi connectivity index (χ1) is 14.1. The highest BCUT2D eigenvalue weighted by molar-refractivity contribution is 5.85. The minimum Gasteiger partial charge on any atom is -0.494 e. The molecule has 5 N–H and O–H groups in total. The molecule has 4 aromatic rings. The van der Waals surface area contributed by atoms with Crippen LogP contribution in [0.4, 0.5) is 0 Å². The maximum atomic E-state index is 12.7. The zero-order chi connectivity index (χ0) is 20.0. The smallest absolute Gasteiger partial charge is 0.331 e. The number of nitrogens with one attached hydrogen (secondary N) is 2. The number of nitrogens with two attached hydrogens (primary N) is 1. The Kier molecular flexibility index (Phi) is 4.10. The lowest BCUT2D eigenvalue weighted by Gasteiger charge is -2.22. The summed E-state index contributed by atoms with van der Waals surface area (Å²) in [4.78, 5) is 31.0. The van der Waals surface area contributed by atoms with E-state index < -0.39 is 17.3 Å². The van der Waals surface area contributed by atoms with E-state index in [9.17, 15) is 14.7 Å². The van der Waals surface area contributed by atoms with Crippen LogP contribution in [-0.4, -0.2) is 26.2 Å². The molecule has 1 aliphatic heterocycles. The summed E-state index contributed by atoms with van der Waals surface area (Å²) >= 11 is 0. The van der Waals surface area contributed by atoms with Gasteiger partial charge in [0.2, 0.25) is 5.88 Å². The van der Waals surface area contributed by atoms with Gasteiger partial charge in [-0.05, 0) is 17.2 Å². The number of H-pyrrole nitrogens is 2. The predicted molar refractivity (Wildman–Crippen MR) is 109 cm³/mol. The molecule has 0 spiro atoms. The van der Waals surface area contributed by atoms with Gasteiger partial charge in [-0.15, -0.1) is 0 Å². The van der Waals surface area contributed by atoms with Gasteiger partial charge in [-0.25, -0.2) is 4.79 Å². The van der Waals surface area contributed by atoms with Crippen LogP contribution in [0.25, 0.3) is 10.9 Å². The van der Waals surface area contributed by atoms with Crippen molar-refractivity contribution in [1.82, 2.24) is 14.5 Å². The molecule has 3 heterocycles. The van der Waals surface area contributed by atoms with Gasteiger partial charge in [-0.2, -0.15) is 0 Å². The quantitative estimate of drug-likeness (QED) is 0.420. The number of aromatic amines is 2. The Morgan fingerprint density at radius 3 is 2.62 bits per heavy atom. The number of aromatic hydroxyl groups is 1. The van der Waals surface area contributed by atoms with Crippen LogP contribution in [-0.2, 0) is 13.0 Å². The second-order valence-corrected chi connectivity index (χ2v) is 7.38. The summed E-state index contributed by atoms with van der Waals surface area (Å²) in [6, 6.07) is 17.0. The summed E-state index contributed by atoms with van der Waals surface area (Å²) in [6.45, 7) is 0.970. The Balaban J connectivity index is 1.67. The molecule has 2 aromatic heterocycles. The van der Waals surface area contributed by atoms with Crippen molar-refractivity contribution in [3.05, 3.63) is 97.8 Å². The number of rotatable bonds is 3. The van der Waals surface area contributed by atoms with Crippen LogP contribution in [0.2, 0.25) is 0 Å². The fourth-order valence-electron chi connectivity index (χ4n) is 4.30. The lowest BCUT2D eigenvalue weighted by atomic mass is 9.95. The Morgan fingerprint density at radius 2 is 1.79 bits per heavy atom. The molecule has 0 amide bonds. The van der Waals surface area contributed by atoms with Gasteiger partial charge < -0.3 is 15.4 Å². The van der Waals surface area contributed by atoms with Crippen molar-refractivity contribution in [2.75, 3.05) is 6.54 Å². The van der Waals surface area contributed by atoms with E-state index in [2.05, 4.69) is 16.0 Å². The number of hydrogen-bond donors (Lipinski definition) is 4. The van der Waals surface area contributed by atoms with Gasteiger partial charge in [0.25, 0.3) is 5.56 Å². The normalized spacial score (nSPS) is 16.1. The van der Waals surface area contributed by atoms with Gasteiger partial charge in [0, 0.05) is 17.3 Å². The average molecular weight is 389 g/mol. The molecule has 0 saturated heterocycles. The van der Waals surface area contributed by atoms with Crippen molar-refractivity contribution in [3.8, 4) is 5.88 Å². The average Bonchev–Trinajstić information content (AvgIpc) is 3.11. The van der Waals surface area contributed by atoms with E-state index in [4.69, 9.17) is 0 Å². The highest BCUT2D eigenvalue weighted by Gasteiger charge is 2.34. The molecule has 0 aliphatic carbocycles. The van der Waals surface area contributed by atoms with Crippen molar-refractivity contribution in [3.63, 3.8) is 0 Å². The zero-order valence-corrected chi connectivity index (χ0v) is 15.7. The molecular weight excluding hydrogens is 368 g/mol. The number of quaternary nitrogens is 1. The van der Waals surface area contributed by atoms with Crippen LogP contribution in [0.3, 0.4) is 0 Å². The fraction of sp³-hybridized carbons (Fsp3) is 0.182. The molecule has 2 aromatic carbocycles. The van der Waals surface area contributed by atoms with Gasteiger partial charge in [-0.1, -0.05) is 48.5 Å². The van der Waals surface area contributed by atoms with E-state index in [1.165, 1.54) is 4.57 Å². The minimum absolute atomic E-state index is 0.182. The van der Waals surface area contributed by atoms with E-state index >= 15 is 0 Å². The van der Waals surface area contributed by atoms with E-state index in [1.807, 2.05) is 53.8 Å². The van der Waals surface area contributed by atoms with Crippen molar-refractivity contribution in [1.29, 1.82) is 0 Å². The Bertz CT molecular complexity index is 1320. The van der Waals surface area contributed by atoms with Gasteiger partial charge in [-0.3, -0.25) is 14.3 Å². The summed E-state index contributed by atoms with van der Waals surface area (Å²) in [5.41, 5.74) is 2.97. The standard InChI is InChI=1S/C22H20N4O3/c27-20-17(21(28)26(22(29)25-20)12-13-6-2-1-3-7-13)19-18-15(10-11-23-19)14-8-4-5-9-16(14)24-18/h1-9,19,23-24,28H,10-12H2,(H,25,27,29)/p+1/t19-/m1/s1.